The fourth-order valence-electron chi connectivity index (χ4n) is 7.23. The Morgan fingerprint density at radius 3 is 2.23 bits per heavy atom. The van der Waals surface area contributed by atoms with Crippen molar-refractivity contribution in [3.63, 3.8) is 0 Å². The first kappa shape index (κ1) is 25.1. The molecule has 0 radical (unpaired) electrons. The molecule has 0 amide bonds. The SMILES string of the molecule is CCOC1(CN2C[C@@H]3[C@H](C2)[C@@]3(CC)c2cccc(NS(=O)(=O)C3CC3)c2)Cc2ccccc2C1.Cl. The maximum Gasteiger partial charge on any atom is 0.235 e. The minimum atomic E-state index is -3.24. The van der Waals surface area contributed by atoms with E-state index in [0.717, 1.165) is 64.0 Å². The molecule has 5 nitrogen and oxygen atoms in total. The highest BCUT2D eigenvalue weighted by Crippen LogP contribution is 2.65. The Morgan fingerprint density at radius 2 is 1.66 bits per heavy atom. The van der Waals surface area contributed by atoms with Crippen LogP contribution in [0.2, 0.25) is 0 Å². The normalized spacial score (nSPS) is 28.7. The number of piperidine rings is 1. The van der Waals surface area contributed by atoms with Crippen LogP contribution in [-0.4, -0.2) is 50.4 Å². The summed E-state index contributed by atoms with van der Waals surface area (Å²) in [6.45, 7) is 8.34. The van der Waals surface area contributed by atoms with Crippen LogP contribution in [0.5, 0.6) is 0 Å². The maximum absolute atomic E-state index is 12.4. The van der Waals surface area contributed by atoms with Gasteiger partial charge in [-0.05, 0) is 66.8 Å². The molecule has 1 heterocycles. The summed E-state index contributed by atoms with van der Waals surface area (Å²) in [6.07, 6.45) is 4.66. The second-order valence-electron chi connectivity index (χ2n) is 11.0. The van der Waals surface area contributed by atoms with Crippen LogP contribution in [0.4, 0.5) is 5.69 Å². The molecule has 1 N–H and O–H groups in total. The van der Waals surface area contributed by atoms with E-state index < -0.39 is 10.0 Å². The molecule has 0 aromatic heterocycles. The zero-order chi connectivity index (χ0) is 23.6. The molecule has 2 aromatic rings. The summed E-state index contributed by atoms with van der Waals surface area (Å²) >= 11 is 0. The van der Waals surface area contributed by atoms with E-state index in [0.29, 0.717) is 11.8 Å². The number of hydrogen-bond donors (Lipinski definition) is 1. The average molecular weight is 517 g/mol. The van der Waals surface area contributed by atoms with Gasteiger partial charge in [-0.25, -0.2) is 8.42 Å². The van der Waals surface area contributed by atoms with Crippen LogP contribution >= 0.6 is 12.4 Å². The van der Waals surface area contributed by atoms with Gasteiger partial charge in [0, 0.05) is 50.2 Å². The molecule has 0 unspecified atom stereocenters. The minimum Gasteiger partial charge on any atom is -0.373 e. The lowest BCUT2D eigenvalue weighted by Crippen LogP contribution is -2.47. The first-order valence-corrected chi connectivity index (χ1v) is 14.5. The van der Waals surface area contributed by atoms with Crippen LogP contribution < -0.4 is 4.72 Å². The van der Waals surface area contributed by atoms with Crippen LogP contribution in [0.25, 0.3) is 0 Å². The predicted octanol–water partition coefficient (Wildman–Crippen LogP) is 4.80. The van der Waals surface area contributed by atoms with Gasteiger partial charge in [0.1, 0.15) is 0 Å². The number of hydrogen-bond acceptors (Lipinski definition) is 4. The van der Waals surface area contributed by atoms with Crippen molar-refractivity contribution in [1.29, 1.82) is 0 Å². The van der Waals surface area contributed by atoms with Crippen LogP contribution in [0, 0.1) is 11.8 Å². The van der Waals surface area contributed by atoms with E-state index in [-0.39, 0.29) is 28.7 Å². The van der Waals surface area contributed by atoms with E-state index in [9.17, 15) is 8.42 Å². The van der Waals surface area contributed by atoms with Gasteiger partial charge in [0.15, 0.2) is 0 Å². The van der Waals surface area contributed by atoms with Crippen molar-refractivity contribution >= 4 is 28.1 Å². The average Bonchev–Trinajstić information content (AvgIpc) is 3.68. The van der Waals surface area contributed by atoms with Gasteiger partial charge in [-0.1, -0.05) is 43.3 Å². The predicted molar refractivity (Wildman–Crippen MR) is 143 cm³/mol. The third kappa shape index (κ3) is 4.30. The monoisotopic (exact) mass is 516 g/mol. The lowest BCUT2D eigenvalue weighted by atomic mass is 9.87. The lowest BCUT2D eigenvalue weighted by molar-refractivity contribution is -0.0528. The summed E-state index contributed by atoms with van der Waals surface area (Å²) in [4.78, 5) is 2.63. The van der Waals surface area contributed by atoms with Gasteiger partial charge >= 0.3 is 0 Å². The second-order valence-corrected chi connectivity index (χ2v) is 12.9. The van der Waals surface area contributed by atoms with E-state index in [1.165, 1.54) is 16.7 Å². The maximum atomic E-state index is 12.4. The summed E-state index contributed by atoms with van der Waals surface area (Å²) in [7, 11) is -3.24. The van der Waals surface area contributed by atoms with Gasteiger partial charge in [0.05, 0.1) is 10.9 Å². The van der Waals surface area contributed by atoms with Gasteiger partial charge in [-0.15, -0.1) is 12.4 Å². The minimum absolute atomic E-state index is 0. The largest absolute Gasteiger partial charge is 0.373 e. The number of sulfonamides is 1. The Morgan fingerprint density at radius 1 is 1.00 bits per heavy atom. The van der Waals surface area contributed by atoms with Gasteiger partial charge in [0.25, 0.3) is 0 Å². The standard InChI is InChI=1S/C28H36N2O3S.ClH/c1-3-28(22-10-7-11-23(14-22)29-34(31,32)24-12-13-24)25-17-30(18-26(25)28)19-27(33-4-2)15-20-8-5-6-9-21(20)16-27;/h5-11,14,24-26,29H,3-4,12-13,15-19H2,1-2H3;1H/t25-,26+,28+;. The molecule has 3 fully saturated rings. The molecule has 6 rings (SSSR count). The molecule has 35 heavy (non-hydrogen) atoms. The Balaban J connectivity index is 0.00000253. The number of likely N-dealkylation sites (tertiary alicyclic amines) is 1. The van der Waals surface area contributed by atoms with Gasteiger partial charge in [0.2, 0.25) is 10.0 Å². The molecule has 3 atom stereocenters. The molecule has 0 spiro atoms. The number of nitrogens with one attached hydrogen (secondary N) is 1. The van der Waals surface area contributed by atoms with Crippen molar-refractivity contribution in [3.05, 3.63) is 65.2 Å². The Hall–Kier alpha value is -1.60. The summed E-state index contributed by atoms with van der Waals surface area (Å²) < 4.78 is 34.2. The summed E-state index contributed by atoms with van der Waals surface area (Å²) in [5.41, 5.74) is 4.97. The van der Waals surface area contributed by atoms with E-state index in [4.69, 9.17) is 4.74 Å². The molecule has 2 aromatic carbocycles. The van der Waals surface area contributed by atoms with E-state index >= 15 is 0 Å². The number of rotatable bonds is 9. The number of halogens is 1. The Labute approximate surface area is 216 Å². The van der Waals surface area contributed by atoms with Crippen molar-refractivity contribution in [2.24, 2.45) is 11.8 Å². The van der Waals surface area contributed by atoms with Gasteiger partial charge in [-0.3, -0.25) is 9.62 Å². The molecule has 7 heteroatoms. The number of benzene rings is 2. The van der Waals surface area contributed by atoms with Crippen molar-refractivity contribution in [2.75, 3.05) is 31.0 Å². The summed E-state index contributed by atoms with van der Waals surface area (Å²) in [5, 5.41) is -0.204. The fourth-order valence-corrected chi connectivity index (χ4v) is 8.61. The molecule has 3 aliphatic carbocycles. The van der Waals surface area contributed by atoms with Crippen molar-refractivity contribution in [3.8, 4) is 0 Å². The first-order chi connectivity index (χ1) is 16.4. The lowest BCUT2D eigenvalue weighted by Gasteiger charge is -2.36. The van der Waals surface area contributed by atoms with E-state index in [2.05, 4.69) is 59.9 Å². The molecular weight excluding hydrogens is 480 g/mol. The summed E-state index contributed by atoms with van der Waals surface area (Å²) in [6, 6.07) is 17.0. The van der Waals surface area contributed by atoms with Crippen molar-refractivity contribution < 1.29 is 13.2 Å². The number of anilines is 1. The smallest absolute Gasteiger partial charge is 0.235 e. The number of nitrogens with zero attached hydrogens (tertiary/aromatic N) is 1. The summed E-state index contributed by atoms with van der Waals surface area (Å²) in [5.74, 6) is 1.27. The van der Waals surface area contributed by atoms with Gasteiger partial charge < -0.3 is 4.74 Å². The van der Waals surface area contributed by atoms with Crippen molar-refractivity contribution in [1.82, 2.24) is 4.90 Å². The molecular formula is C28H37ClN2O3S. The molecule has 1 aliphatic heterocycles. The third-order valence-corrected chi connectivity index (χ3v) is 10.8. The van der Waals surface area contributed by atoms with Crippen LogP contribution in [0.15, 0.2) is 48.5 Å². The quantitative estimate of drug-likeness (QED) is 0.520. The van der Waals surface area contributed by atoms with Crippen LogP contribution in [-0.2, 0) is 33.0 Å². The second kappa shape index (κ2) is 9.05. The van der Waals surface area contributed by atoms with Crippen molar-refractivity contribution in [2.45, 2.75) is 62.2 Å². The number of fused-ring (bicyclic) bond motifs is 2. The zero-order valence-corrected chi connectivity index (χ0v) is 22.3. The van der Waals surface area contributed by atoms with Gasteiger partial charge in [-0.2, -0.15) is 0 Å². The van der Waals surface area contributed by atoms with E-state index in [1.54, 1.807) is 0 Å². The molecule has 1 saturated heterocycles. The Bertz CT molecular complexity index is 1160. The molecule has 4 aliphatic rings. The molecule has 0 bridgehead atoms. The zero-order valence-electron chi connectivity index (χ0n) is 20.7. The fraction of sp³-hybridized carbons (Fsp3) is 0.571. The van der Waals surface area contributed by atoms with Crippen LogP contribution in [0.1, 0.15) is 49.8 Å². The highest BCUT2D eigenvalue weighted by molar-refractivity contribution is 7.93. The topological polar surface area (TPSA) is 58.6 Å². The molecule has 190 valence electrons. The van der Waals surface area contributed by atoms with E-state index in [1.807, 2.05) is 12.1 Å². The van der Waals surface area contributed by atoms with Crippen LogP contribution in [0.3, 0.4) is 0 Å². The highest BCUT2D eigenvalue weighted by atomic mass is 35.5. The number of ether oxygens (including phenoxy) is 1. The first-order valence-electron chi connectivity index (χ1n) is 12.9. The Kier molecular flexibility index (Phi) is 6.48. The molecule has 2 saturated carbocycles. The highest BCUT2D eigenvalue weighted by Gasteiger charge is 2.67. The third-order valence-electron chi connectivity index (χ3n) is 8.92.